The van der Waals surface area contributed by atoms with E-state index < -0.39 is 53.9 Å². The molecule has 6 amide bonds. The van der Waals surface area contributed by atoms with E-state index in [1.165, 1.54) is 0 Å². The Bertz CT molecular complexity index is 3820. The third-order valence-electron chi connectivity index (χ3n) is 16.1. The molecule has 9 aromatic rings. The molecule has 23 nitrogen and oxygen atoms in total. The van der Waals surface area contributed by atoms with Crippen LogP contribution in [0, 0.1) is 20.8 Å². The van der Waals surface area contributed by atoms with Crippen LogP contribution in [0.1, 0.15) is 75.6 Å². The summed E-state index contributed by atoms with van der Waals surface area (Å²) in [7, 11) is 4.75. The second-order valence-electron chi connectivity index (χ2n) is 22.6. The van der Waals surface area contributed by atoms with Gasteiger partial charge >= 0.3 is 12.1 Å². The van der Waals surface area contributed by atoms with Crippen molar-refractivity contribution < 1.29 is 66.1 Å². The van der Waals surface area contributed by atoms with Gasteiger partial charge in [0.1, 0.15) is 35.4 Å². The zero-order valence-electron chi connectivity index (χ0n) is 53.2. The minimum absolute atomic E-state index is 0.0254. The van der Waals surface area contributed by atoms with E-state index in [2.05, 4.69) is 46.9 Å². The van der Waals surface area contributed by atoms with Gasteiger partial charge in [0, 0.05) is 72.8 Å². The average Bonchev–Trinajstić information content (AvgIpc) is 1.37. The Morgan fingerprint density at radius 3 is 0.916 bits per heavy atom. The second-order valence-corrected chi connectivity index (χ2v) is 22.6. The van der Waals surface area contributed by atoms with Crippen LogP contribution in [0.4, 0.5) is 30.2 Å². The van der Waals surface area contributed by atoms with Crippen LogP contribution in [0.15, 0.2) is 127 Å². The van der Waals surface area contributed by atoms with Crippen LogP contribution >= 0.6 is 0 Å². The van der Waals surface area contributed by atoms with E-state index in [9.17, 15) is 41.9 Å². The summed E-state index contributed by atoms with van der Waals surface area (Å²) in [5, 5.41) is 27.2. The standard InChI is InChI=1S/C67H76N12O9.C2HF3O2/c1-37-49(52-31-46(86-4)19-22-55(52)71-37)34-61(80)77-58(25-28-68)65(83)74-43-13-7-40(8-14-43)64(41-9-15-44(16-10-41)75-66(84)59(26-29-69)78-62(81)35-50-38(2)72-56-23-20-47(87-5)32-53(50)56)42-11-17-45(18-12-42)76-67(85)60(27-30-70)79-63(82)36-51-39(3)73-57-24-21-48(88-6)33-54(51)57;3-2(4,5)1(6)7/h7-24,31-33,58-60,64,71-73H,25-30,34-36,68-70H2,1-6H3,(H,74,83)(H,75,84)(H,76,85)(H,77,80)(H,78,81)(H,79,82);(H,6,7)/t58-,59-,60-;/m0./s1. The number of methoxy groups -OCH3 is 3. The summed E-state index contributed by atoms with van der Waals surface area (Å²) in [6, 6.07) is 36.0. The van der Waals surface area contributed by atoms with E-state index in [0.717, 1.165) is 83.2 Å². The summed E-state index contributed by atoms with van der Waals surface area (Å²) in [6.45, 7) is 6.13. The third-order valence-corrected chi connectivity index (χ3v) is 16.1. The average molecular weight is 1310 g/mol. The number of anilines is 3. The molecule has 0 fully saturated rings. The largest absolute Gasteiger partial charge is 0.497 e. The Hall–Kier alpha value is -10.7. The number of alkyl halides is 3. The van der Waals surface area contributed by atoms with Crippen LogP contribution in [-0.4, -0.2) is 127 Å². The molecule has 0 aliphatic heterocycles. The van der Waals surface area contributed by atoms with E-state index in [-0.39, 0.29) is 75.9 Å². The Morgan fingerprint density at radius 2 is 0.695 bits per heavy atom. The van der Waals surface area contributed by atoms with Crippen molar-refractivity contribution in [1.82, 2.24) is 30.9 Å². The molecule has 3 atom stereocenters. The number of benzene rings is 6. The molecule has 9 rings (SSSR count). The monoisotopic (exact) mass is 1310 g/mol. The van der Waals surface area contributed by atoms with Crippen LogP contribution in [-0.2, 0) is 52.8 Å². The molecule has 95 heavy (non-hydrogen) atoms. The molecule has 0 saturated carbocycles. The number of halogens is 3. The maximum atomic E-state index is 13.9. The lowest BCUT2D eigenvalue weighted by Crippen LogP contribution is -2.45. The molecule has 0 saturated heterocycles. The molecular weight excluding hydrogens is 1230 g/mol. The summed E-state index contributed by atoms with van der Waals surface area (Å²) in [4.78, 5) is 101. The highest BCUT2D eigenvalue weighted by Crippen LogP contribution is 2.35. The normalized spacial score (nSPS) is 12.3. The first-order valence-corrected chi connectivity index (χ1v) is 30.4. The number of carboxylic acids is 1. The van der Waals surface area contributed by atoms with Gasteiger partial charge in [-0.3, -0.25) is 28.8 Å². The Labute approximate surface area is 544 Å². The smallest absolute Gasteiger partial charge is 0.490 e. The predicted molar refractivity (Wildman–Crippen MR) is 357 cm³/mol. The highest BCUT2D eigenvalue weighted by Gasteiger charge is 2.38. The summed E-state index contributed by atoms with van der Waals surface area (Å²) in [5.41, 5.74) is 29.3. The molecule has 0 spiro atoms. The summed E-state index contributed by atoms with van der Waals surface area (Å²) < 4.78 is 48.0. The molecular formula is C69H77F3N12O11. The van der Waals surface area contributed by atoms with E-state index in [1.54, 1.807) is 57.7 Å². The van der Waals surface area contributed by atoms with Gasteiger partial charge in [-0.05, 0) is 184 Å². The molecule has 6 aromatic carbocycles. The molecule has 0 unspecified atom stereocenters. The number of aliphatic carboxylic acids is 1. The van der Waals surface area contributed by atoms with Crippen molar-refractivity contribution >= 4 is 91.2 Å². The SMILES string of the molecule is COc1ccc2[nH]c(C)c(CC(=O)N[C@@H](CCN)C(=O)Nc3ccc(C(c4ccc(NC(=O)[C@H](CCN)NC(=O)Cc5c(C)[nH]c6ccc(OC)cc56)cc4)c4ccc(NC(=O)[C@H](CCN)NC(=O)Cc5c(C)[nH]c6ccc(OC)cc56)cc4)cc3)c2c1.O=C(O)C(F)(F)F. The maximum Gasteiger partial charge on any atom is 0.490 e. The van der Waals surface area contributed by atoms with Crippen molar-refractivity contribution in [3.63, 3.8) is 0 Å². The number of fused-ring (bicyclic) bond motifs is 3. The quantitative estimate of drug-likeness (QED) is 0.0217. The molecule has 0 radical (unpaired) electrons. The van der Waals surface area contributed by atoms with Gasteiger partial charge in [-0.2, -0.15) is 13.2 Å². The molecule has 0 aliphatic carbocycles. The van der Waals surface area contributed by atoms with Crippen LogP contribution in [0.3, 0.4) is 0 Å². The molecule has 0 bridgehead atoms. The number of H-pyrrole nitrogens is 3. The van der Waals surface area contributed by atoms with Gasteiger partial charge in [0.15, 0.2) is 0 Å². The van der Waals surface area contributed by atoms with Crippen molar-refractivity contribution in [1.29, 1.82) is 0 Å². The number of nitrogens with two attached hydrogens (primary N) is 3. The van der Waals surface area contributed by atoms with Crippen LogP contribution in [0.25, 0.3) is 32.7 Å². The van der Waals surface area contributed by atoms with E-state index >= 15 is 0 Å². The first-order valence-electron chi connectivity index (χ1n) is 30.4. The Kier molecular flexibility index (Phi) is 23.5. The molecule has 3 heterocycles. The van der Waals surface area contributed by atoms with Gasteiger partial charge in [0.2, 0.25) is 35.4 Å². The molecule has 16 N–H and O–H groups in total. The molecule has 3 aromatic heterocycles. The van der Waals surface area contributed by atoms with E-state index in [1.807, 2.05) is 112 Å². The van der Waals surface area contributed by atoms with Gasteiger partial charge in [-0.25, -0.2) is 4.79 Å². The molecule has 0 aliphatic rings. The first-order chi connectivity index (χ1) is 45.4. The fraction of sp³-hybridized carbons (Fsp3) is 0.290. The van der Waals surface area contributed by atoms with Gasteiger partial charge in [-0.1, -0.05) is 36.4 Å². The highest BCUT2D eigenvalue weighted by atomic mass is 19.4. The minimum Gasteiger partial charge on any atom is -0.497 e. The number of aryl methyl sites for hydroxylation is 3. The number of carbonyl (C=O) groups is 7. The Morgan fingerprint density at radius 1 is 0.442 bits per heavy atom. The summed E-state index contributed by atoms with van der Waals surface area (Å²) >= 11 is 0. The van der Waals surface area contributed by atoms with E-state index in [4.69, 9.17) is 41.3 Å². The predicted octanol–water partition coefficient (Wildman–Crippen LogP) is 7.94. The number of carboxylic acid groups (broad SMARTS) is 1. The number of nitrogens with one attached hydrogen (secondary N) is 9. The summed E-state index contributed by atoms with van der Waals surface area (Å²) in [5.74, 6) is -3.56. The zero-order chi connectivity index (χ0) is 68.7. The number of hydrogen-bond donors (Lipinski definition) is 13. The lowest BCUT2D eigenvalue weighted by molar-refractivity contribution is -0.192. The third kappa shape index (κ3) is 17.9. The van der Waals surface area contributed by atoms with Crippen molar-refractivity contribution in [3.8, 4) is 17.2 Å². The van der Waals surface area contributed by atoms with Gasteiger partial charge in [0.25, 0.3) is 0 Å². The zero-order valence-corrected chi connectivity index (χ0v) is 53.2. The lowest BCUT2D eigenvalue weighted by Gasteiger charge is -2.22. The molecule has 26 heteroatoms. The van der Waals surface area contributed by atoms with Crippen molar-refractivity contribution in [3.05, 3.63) is 178 Å². The van der Waals surface area contributed by atoms with Gasteiger partial charge in [-0.15, -0.1) is 0 Å². The topological polar surface area (TPSA) is 365 Å². The van der Waals surface area contributed by atoms with Crippen molar-refractivity contribution in [2.24, 2.45) is 17.2 Å². The number of aromatic amines is 3. The van der Waals surface area contributed by atoms with Crippen molar-refractivity contribution in [2.45, 2.75) is 89.5 Å². The fourth-order valence-electron chi connectivity index (χ4n) is 11.2. The van der Waals surface area contributed by atoms with Crippen LogP contribution in [0.2, 0.25) is 0 Å². The first kappa shape index (κ1) is 70.2. The number of ether oxygens (including phenoxy) is 3. The fourth-order valence-corrected chi connectivity index (χ4v) is 11.2. The number of aromatic nitrogens is 3. The number of carbonyl (C=O) groups excluding carboxylic acids is 6. The van der Waals surface area contributed by atoms with Crippen LogP contribution in [0.5, 0.6) is 17.2 Å². The van der Waals surface area contributed by atoms with Gasteiger partial charge in [0.05, 0.1) is 40.6 Å². The van der Waals surface area contributed by atoms with Crippen LogP contribution < -0.4 is 63.3 Å². The minimum atomic E-state index is -5.08. The van der Waals surface area contributed by atoms with Crippen molar-refractivity contribution in [2.75, 3.05) is 56.9 Å². The summed E-state index contributed by atoms with van der Waals surface area (Å²) in [6.07, 6.45) is -4.42. The number of amides is 6. The van der Waals surface area contributed by atoms with E-state index in [0.29, 0.717) is 34.3 Å². The molecule has 500 valence electrons. The van der Waals surface area contributed by atoms with Gasteiger partial charge < -0.3 is 83.4 Å². The second kappa shape index (κ2) is 31.8. The number of hydrogen-bond acceptors (Lipinski definition) is 13. The highest BCUT2D eigenvalue weighted by molar-refractivity contribution is 6.01. The number of rotatable bonds is 27. The Balaban J connectivity index is 0.00000156. The maximum absolute atomic E-state index is 13.9. The lowest BCUT2D eigenvalue weighted by atomic mass is 9.85.